The zero-order valence-electron chi connectivity index (χ0n) is 15.6. The van der Waals surface area contributed by atoms with Gasteiger partial charge in [-0.05, 0) is 55.0 Å². The minimum atomic E-state index is -0.206. The smallest absolute Gasteiger partial charge is 0.268 e. The molecule has 7 nitrogen and oxygen atoms in total. The zero-order valence-corrected chi connectivity index (χ0v) is 17.2. The van der Waals surface area contributed by atoms with Crippen molar-refractivity contribution in [3.63, 3.8) is 0 Å². The first-order chi connectivity index (χ1) is 14.1. The van der Waals surface area contributed by atoms with Crippen molar-refractivity contribution >= 4 is 39.3 Å². The normalized spacial score (nSPS) is 11.2. The molecule has 0 saturated carbocycles. The number of hydrogen-bond donors (Lipinski definition) is 2. The van der Waals surface area contributed by atoms with Gasteiger partial charge < -0.3 is 9.73 Å². The number of nitrogens with zero attached hydrogens (tertiary/aromatic N) is 3. The topological polar surface area (TPSA) is 83.9 Å². The molecule has 4 aromatic rings. The Balaban J connectivity index is 1.69. The summed E-state index contributed by atoms with van der Waals surface area (Å²) < 4.78 is 7.85. The molecular weight excluding hydrogens is 434 g/mol. The molecule has 0 bridgehead atoms. The highest BCUT2D eigenvalue weighted by Crippen LogP contribution is 2.15. The van der Waals surface area contributed by atoms with Crippen molar-refractivity contribution in [3.8, 4) is 0 Å². The standard InChI is InChI=1S/C21H18BrN5O2/c1-14-4-9-19-25-20(23-11-17-3-2-10-29-17)18(21(28)27(19)13-14)12-24-26-16-7-5-15(22)6-8-16/h2-10,12-13,23,26H,11H2,1H3. The number of nitrogens with one attached hydrogen (secondary N) is 2. The molecule has 3 aromatic heterocycles. The van der Waals surface area contributed by atoms with Crippen LogP contribution in [-0.2, 0) is 6.54 Å². The molecule has 4 rings (SSSR count). The fourth-order valence-electron chi connectivity index (χ4n) is 2.79. The van der Waals surface area contributed by atoms with Crippen LogP contribution in [0.1, 0.15) is 16.9 Å². The quantitative estimate of drug-likeness (QED) is 0.334. The van der Waals surface area contributed by atoms with E-state index in [1.54, 1.807) is 12.5 Å². The molecule has 0 spiro atoms. The molecular formula is C21H18BrN5O2. The van der Waals surface area contributed by atoms with Crippen LogP contribution in [0.5, 0.6) is 0 Å². The molecule has 0 aliphatic heterocycles. The van der Waals surface area contributed by atoms with E-state index in [2.05, 4.69) is 36.8 Å². The van der Waals surface area contributed by atoms with E-state index in [9.17, 15) is 4.79 Å². The molecule has 8 heteroatoms. The van der Waals surface area contributed by atoms with Crippen LogP contribution in [0.3, 0.4) is 0 Å². The molecule has 29 heavy (non-hydrogen) atoms. The fourth-order valence-corrected chi connectivity index (χ4v) is 3.05. The van der Waals surface area contributed by atoms with Gasteiger partial charge in [-0.3, -0.25) is 14.6 Å². The number of benzene rings is 1. The third kappa shape index (κ3) is 4.38. The van der Waals surface area contributed by atoms with Crippen molar-refractivity contribution in [2.45, 2.75) is 13.5 Å². The van der Waals surface area contributed by atoms with Gasteiger partial charge in [0.2, 0.25) is 0 Å². The van der Waals surface area contributed by atoms with E-state index in [0.717, 1.165) is 21.5 Å². The number of furan rings is 1. The van der Waals surface area contributed by atoms with Crippen LogP contribution < -0.4 is 16.3 Å². The predicted molar refractivity (Wildman–Crippen MR) is 118 cm³/mol. The van der Waals surface area contributed by atoms with Gasteiger partial charge in [0, 0.05) is 10.7 Å². The number of halogens is 1. The summed E-state index contributed by atoms with van der Waals surface area (Å²) >= 11 is 3.40. The van der Waals surface area contributed by atoms with Crippen molar-refractivity contribution in [1.29, 1.82) is 0 Å². The Morgan fingerprint density at radius 2 is 2.03 bits per heavy atom. The van der Waals surface area contributed by atoms with E-state index >= 15 is 0 Å². The van der Waals surface area contributed by atoms with Crippen molar-refractivity contribution < 1.29 is 4.42 Å². The lowest BCUT2D eigenvalue weighted by Crippen LogP contribution is -2.22. The summed E-state index contributed by atoms with van der Waals surface area (Å²) in [5, 5.41) is 7.41. The van der Waals surface area contributed by atoms with E-state index in [1.165, 1.54) is 10.6 Å². The monoisotopic (exact) mass is 451 g/mol. The molecule has 0 aliphatic rings. The van der Waals surface area contributed by atoms with Crippen molar-refractivity contribution in [3.05, 3.63) is 92.7 Å². The Bertz CT molecular complexity index is 1210. The maximum atomic E-state index is 13.1. The number of hydrazone groups is 1. The molecule has 3 heterocycles. The molecule has 0 unspecified atom stereocenters. The third-order valence-corrected chi connectivity index (χ3v) is 4.78. The maximum absolute atomic E-state index is 13.1. The molecule has 0 saturated heterocycles. The molecule has 146 valence electrons. The number of anilines is 2. The van der Waals surface area contributed by atoms with Gasteiger partial charge in [0.15, 0.2) is 0 Å². The van der Waals surface area contributed by atoms with E-state index in [1.807, 2.05) is 55.5 Å². The largest absolute Gasteiger partial charge is 0.467 e. The van der Waals surface area contributed by atoms with Gasteiger partial charge in [0.25, 0.3) is 5.56 Å². The second-order valence-corrected chi connectivity index (χ2v) is 7.34. The van der Waals surface area contributed by atoms with Gasteiger partial charge in [-0.15, -0.1) is 0 Å². The van der Waals surface area contributed by atoms with Crippen LogP contribution in [0.15, 0.2) is 79.8 Å². The number of rotatable bonds is 6. The average Bonchev–Trinajstić information content (AvgIpc) is 3.24. The van der Waals surface area contributed by atoms with Crippen LogP contribution in [0.4, 0.5) is 11.5 Å². The Morgan fingerprint density at radius 1 is 1.21 bits per heavy atom. The van der Waals surface area contributed by atoms with Crippen LogP contribution in [-0.4, -0.2) is 15.6 Å². The first-order valence-corrected chi connectivity index (χ1v) is 9.73. The van der Waals surface area contributed by atoms with Crippen LogP contribution in [0, 0.1) is 6.92 Å². The first kappa shape index (κ1) is 18.9. The number of pyridine rings is 1. The third-order valence-electron chi connectivity index (χ3n) is 4.25. The highest BCUT2D eigenvalue weighted by molar-refractivity contribution is 9.10. The number of hydrogen-bond acceptors (Lipinski definition) is 6. The van der Waals surface area contributed by atoms with E-state index in [0.29, 0.717) is 23.6 Å². The van der Waals surface area contributed by atoms with E-state index in [-0.39, 0.29) is 5.56 Å². The molecule has 2 N–H and O–H groups in total. The lowest BCUT2D eigenvalue weighted by atomic mass is 10.2. The first-order valence-electron chi connectivity index (χ1n) is 8.94. The van der Waals surface area contributed by atoms with Gasteiger partial charge in [-0.25, -0.2) is 4.98 Å². The summed E-state index contributed by atoms with van der Waals surface area (Å²) in [5.41, 5.74) is 5.40. The number of fused-ring (bicyclic) bond motifs is 1. The second kappa shape index (κ2) is 8.32. The van der Waals surface area contributed by atoms with Gasteiger partial charge in [0.1, 0.15) is 22.8 Å². The SMILES string of the molecule is Cc1ccc2nc(NCc3ccco3)c(C=NNc3ccc(Br)cc3)c(=O)n2c1. The minimum absolute atomic E-state index is 0.206. The number of aryl methyl sites for hydroxylation is 1. The second-order valence-electron chi connectivity index (χ2n) is 6.42. The zero-order chi connectivity index (χ0) is 20.2. The average molecular weight is 452 g/mol. The summed E-state index contributed by atoms with van der Waals surface area (Å²) in [5.74, 6) is 1.18. The molecule has 0 amide bonds. The fraction of sp³-hybridized carbons (Fsp3) is 0.0952. The van der Waals surface area contributed by atoms with E-state index < -0.39 is 0 Å². The van der Waals surface area contributed by atoms with Gasteiger partial charge in [0.05, 0.1) is 24.7 Å². The van der Waals surface area contributed by atoms with Gasteiger partial charge in [-0.1, -0.05) is 22.0 Å². The maximum Gasteiger partial charge on any atom is 0.268 e. The van der Waals surface area contributed by atoms with Gasteiger partial charge in [-0.2, -0.15) is 5.10 Å². The van der Waals surface area contributed by atoms with Crippen LogP contribution in [0.25, 0.3) is 5.65 Å². The molecule has 0 atom stereocenters. The Labute approximate surface area is 175 Å². The lowest BCUT2D eigenvalue weighted by molar-refractivity contribution is 0.518. The Hall–Kier alpha value is -3.39. The van der Waals surface area contributed by atoms with Gasteiger partial charge >= 0.3 is 0 Å². The van der Waals surface area contributed by atoms with E-state index in [4.69, 9.17) is 4.42 Å². The molecule has 0 radical (unpaired) electrons. The summed E-state index contributed by atoms with van der Waals surface area (Å²) in [6.07, 6.45) is 4.85. The Morgan fingerprint density at radius 3 is 2.79 bits per heavy atom. The van der Waals surface area contributed by atoms with Crippen LogP contribution >= 0.6 is 15.9 Å². The highest BCUT2D eigenvalue weighted by atomic mass is 79.9. The van der Waals surface area contributed by atoms with Crippen molar-refractivity contribution in [2.24, 2.45) is 5.10 Å². The van der Waals surface area contributed by atoms with Crippen molar-refractivity contribution in [2.75, 3.05) is 10.7 Å². The van der Waals surface area contributed by atoms with Crippen LogP contribution in [0.2, 0.25) is 0 Å². The summed E-state index contributed by atoms with van der Waals surface area (Å²) in [6.45, 7) is 2.33. The molecule has 0 fully saturated rings. The number of aromatic nitrogens is 2. The highest BCUT2D eigenvalue weighted by Gasteiger charge is 2.12. The summed E-state index contributed by atoms with van der Waals surface area (Å²) in [4.78, 5) is 17.7. The molecule has 0 aliphatic carbocycles. The Kier molecular flexibility index (Phi) is 5.44. The summed E-state index contributed by atoms with van der Waals surface area (Å²) in [7, 11) is 0. The molecule has 1 aromatic carbocycles. The lowest BCUT2D eigenvalue weighted by Gasteiger charge is -2.10. The summed E-state index contributed by atoms with van der Waals surface area (Å²) in [6, 6.07) is 15.0. The van der Waals surface area contributed by atoms with Crippen molar-refractivity contribution in [1.82, 2.24) is 9.38 Å². The minimum Gasteiger partial charge on any atom is -0.467 e. The predicted octanol–water partition coefficient (Wildman–Crippen LogP) is 4.42.